The van der Waals surface area contributed by atoms with E-state index in [2.05, 4.69) is 22.9 Å². The first-order valence-corrected chi connectivity index (χ1v) is 5.39. The number of carbonyl (C=O) groups is 1. The summed E-state index contributed by atoms with van der Waals surface area (Å²) in [5.41, 5.74) is -4.80. The maximum absolute atomic E-state index is 13.2. The lowest BCUT2D eigenvalue weighted by Crippen LogP contribution is -2.48. The molecular formula is C12H13F3N2O3. The van der Waals surface area contributed by atoms with Gasteiger partial charge in [-0.25, -0.2) is 9.78 Å². The number of aliphatic hydroxyl groups is 1. The van der Waals surface area contributed by atoms with Crippen LogP contribution in [0.4, 0.5) is 13.2 Å². The second-order valence-electron chi connectivity index (χ2n) is 3.87. The number of halogens is 3. The van der Waals surface area contributed by atoms with Crippen molar-refractivity contribution in [1.29, 1.82) is 0 Å². The Morgan fingerprint density at radius 1 is 1.60 bits per heavy atom. The van der Waals surface area contributed by atoms with E-state index >= 15 is 0 Å². The highest BCUT2D eigenvalue weighted by Gasteiger charge is 2.61. The minimum atomic E-state index is -5.19. The van der Waals surface area contributed by atoms with Gasteiger partial charge in [-0.15, -0.1) is 6.58 Å². The van der Waals surface area contributed by atoms with Gasteiger partial charge < -0.3 is 14.4 Å². The molecule has 0 aliphatic carbocycles. The second kappa shape index (κ2) is 5.49. The predicted octanol–water partition coefficient (Wildman–Crippen LogP) is 1.55. The summed E-state index contributed by atoms with van der Waals surface area (Å²) in [7, 11) is 0.889. The number of rotatable bonds is 5. The van der Waals surface area contributed by atoms with Crippen molar-refractivity contribution in [3.05, 3.63) is 43.0 Å². The van der Waals surface area contributed by atoms with Gasteiger partial charge in [0.05, 0.1) is 12.7 Å². The van der Waals surface area contributed by atoms with Crippen molar-refractivity contribution in [2.45, 2.75) is 18.3 Å². The molecule has 1 rings (SSSR count). The molecule has 0 fully saturated rings. The fraction of sp³-hybridized carbons (Fsp3) is 0.333. The zero-order chi connectivity index (χ0) is 15.6. The third-order valence-corrected chi connectivity index (χ3v) is 2.64. The Balaban J connectivity index is 3.47. The summed E-state index contributed by atoms with van der Waals surface area (Å²) >= 11 is 0. The molecule has 1 aromatic rings. The van der Waals surface area contributed by atoms with Crippen molar-refractivity contribution in [2.75, 3.05) is 7.11 Å². The Hall–Kier alpha value is -2.09. The molecule has 0 aliphatic heterocycles. The highest BCUT2D eigenvalue weighted by molar-refractivity contribution is 5.90. The molecule has 1 heterocycles. The van der Waals surface area contributed by atoms with Gasteiger partial charge in [0.1, 0.15) is 0 Å². The first-order valence-electron chi connectivity index (χ1n) is 5.39. The maximum atomic E-state index is 13.2. The van der Waals surface area contributed by atoms with Gasteiger partial charge in [-0.3, -0.25) is 0 Å². The molecule has 0 saturated carbocycles. The molecule has 0 aromatic carbocycles. The minimum Gasteiger partial charge on any atom is -0.466 e. The van der Waals surface area contributed by atoms with Crippen LogP contribution in [0.5, 0.6) is 0 Å². The van der Waals surface area contributed by atoms with Crippen LogP contribution in [-0.2, 0) is 21.7 Å². The average molecular weight is 290 g/mol. The number of hydrogen-bond acceptors (Lipinski definition) is 4. The van der Waals surface area contributed by atoms with Crippen LogP contribution in [0, 0.1) is 0 Å². The van der Waals surface area contributed by atoms with Crippen molar-refractivity contribution in [3.8, 4) is 0 Å². The highest BCUT2D eigenvalue weighted by Crippen LogP contribution is 2.43. The summed E-state index contributed by atoms with van der Waals surface area (Å²) in [5.74, 6) is -2.15. The largest absolute Gasteiger partial charge is 0.466 e. The number of methoxy groups -OCH3 is 1. The fourth-order valence-electron chi connectivity index (χ4n) is 1.62. The van der Waals surface area contributed by atoms with E-state index in [1.807, 2.05) is 0 Å². The van der Waals surface area contributed by atoms with Gasteiger partial charge >= 0.3 is 12.1 Å². The van der Waals surface area contributed by atoms with Gasteiger partial charge in [-0.2, -0.15) is 13.2 Å². The van der Waals surface area contributed by atoms with Crippen LogP contribution in [0.25, 0.3) is 0 Å². The van der Waals surface area contributed by atoms with Crippen LogP contribution in [0.2, 0.25) is 0 Å². The van der Waals surface area contributed by atoms with Gasteiger partial charge in [-0.1, -0.05) is 12.7 Å². The van der Waals surface area contributed by atoms with Gasteiger partial charge in [-0.05, 0) is 0 Å². The fourth-order valence-corrected chi connectivity index (χ4v) is 1.62. The van der Waals surface area contributed by atoms with Crippen molar-refractivity contribution < 1.29 is 27.8 Å². The summed E-state index contributed by atoms with van der Waals surface area (Å²) in [6.45, 7) is 6.36. The monoisotopic (exact) mass is 290 g/mol. The molecule has 0 bridgehead atoms. The maximum Gasteiger partial charge on any atom is 0.429 e. The lowest BCUT2D eigenvalue weighted by atomic mass is 9.92. The normalized spacial score (nSPS) is 14.4. The third kappa shape index (κ3) is 2.46. The molecule has 0 radical (unpaired) electrons. The van der Waals surface area contributed by atoms with Gasteiger partial charge in [0, 0.05) is 18.9 Å². The van der Waals surface area contributed by atoms with E-state index in [4.69, 9.17) is 0 Å². The molecule has 1 N–H and O–H groups in total. The number of nitrogens with zero attached hydrogens (tertiary/aromatic N) is 2. The Morgan fingerprint density at radius 2 is 2.20 bits per heavy atom. The quantitative estimate of drug-likeness (QED) is 0.507. The van der Waals surface area contributed by atoms with Crippen LogP contribution in [0.3, 0.4) is 0 Å². The van der Waals surface area contributed by atoms with Crippen LogP contribution < -0.4 is 0 Å². The number of ether oxygens (including phenoxy) is 1. The first kappa shape index (κ1) is 16.0. The molecule has 8 heteroatoms. The lowest BCUT2D eigenvalue weighted by molar-refractivity contribution is -0.254. The molecular weight excluding hydrogens is 277 g/mol. The summed E-state index contributed by atoms with van der Waals surface area (Å²) in [5, 5.41) is 10.0. The summed E-state index contributed by atoms with van der Waals surface area (Å²) < 4.78 is 44.9. The van der Waals surface area contributed by atoms with E-state index in [1.165, 1.54) is 12.3 Å². The van der Waals surface area contributed by atoms with E-state index in [-0.39, 0.29) is 6.54 Å². The first-order chi connectivity index (χ1) is 9.20. The average Bonchev–Trinajstić information content (AvgIpc) is 2.83. The molecule has 20 heavy (non-hydrogen) atoms. The molecule has 0 aliphatic rings. The van der Waals surface area contributed by atoms with Gasteiger partial charge in [0.15, 0.2) is 5.82 Å². The standard InChI is InChI=1S/C12H13F3N2O3/c1-4-6-17-7-5-16-10(17)11(19,12(13,14)15)8(2)9(18)20-3/h4-5,7,19H,1-2,6H2,3H3/t11-/m1/s1. The number of allylic oxidation sites excluding steroid dienone is 1. The number of carbonyl (C=O) groups excluding carboxylic acids is 1. The Morgan fingerprint density at radius 3 is 2.65 bits per heavy atom. The smallest absolute Gasteiger partial charge is 0.429 e. The predicted molar refractivity (Wildman–Crippen MR) is 63.5 cm³/mol. The van der Waals surface area contributed by atoms with E-state index in [9.17, 15) is 23.1 Å². The van der Waals surface area contributed by atoms with Crippen molar-refractivity contribution in [2.24, 2.45) is 0 Å². The zero-order valence-corrected chi connectivity index (χ0v) is 10.6. The molecule has 0 saturated heterocycles. The molecule has 0 unspecified atom stereocenters. The van der Waals surface area contributed by atoms with Crippen molar-refractivity contribution >= 4 is 5.97 Å². The van der Waals surface area contributed by atoms with Crippen LogP contribution in [0.1, 0.15) is 5.82 Å². The molecule has 1 aromatic heterocycles. The molecule has 1 atom stereocenters. The van der Waals surface area contributed by atoms with Gasteiger partial charge in [0.2, 0.25) is 0 Å². The van der Waals surface area contributed by atoms with E-state index in [1.54, 1.807) is 0 Å². The minimum absolute atomic E-state index is 0.0256. The number of alkyl halides is 3. The summed E-state index contributed by atoms with van der Waals surface area (Å²) in [6, 6.07) is 0. The van der Waals surface area contributed by atoms with Gasteiger partial charge in [0.25, 0.3) is 5.60 Å². The molecule has 0 spiro atoms. The van der Waals surface area contributed by atoms with E-state index in [0.717, 1.165) is 17.9 Å². The molecule has 5 nitrogen and oxygen atoms in total. The third-order valence-electron chi connectivity index (χ3n) is 2.64. The number of aromatic nitrogens is 2. The van der Waals surface area contributed by atoms with E-state index < -0.39 is 29.1 Å². The Bertz CT molecular complexity index is 536. The van der Waals surface area contributed by atoms with Crippen LogP contribution >= 0.6 is 0 Å². The van der Waals surface area contributed by atoms with Crippen LogP contribution in [0.15, 0.2) is 37.2 Å². The van der Waals surface area contributed by atoms with E-state index in [0.29, 0.717) is 0 Å². The SMILES string of the molecule is C=CCn1ccnc1[C@](O)(C(=C)C(=O)OC)C(F)(F)F. The number of imidazole rings is 1. The zero-order valence-electron chi connectivity index (χ0n) is 10.6. The summed E-state index contributed by atoms with van der Waals surface area (Å²) in [6.07, 6.45) is -1.58. The number of esters is 1. The topological polar surface area (TPSA) is 64.3 Å². The lowest BCUT2D eigenvalue weighted by Gasteiger charge is -2.30. The Labute approximate surface area is 113 Å². The number of hydrogen-bond donors (Lipinski definition) is 1. The van der Waals surface area contributed by atoms with Crippen molar-refractivity contribution in [1.82, 2.24) is 9.55 Å². The second-order valence-corrected chi connectivity index (χ2v) is 3.87. The van der Waals surface area contributed by atoms with Crippen LogP contribution in [-0.4, -0.2) is 33.9 Å². The summed E-state index contributed by atoms with van der Waals surface area (Å²) in [4.78, 5) is 14.8. The molecule has 110 valence electrons. The molecule has 0 amide bonds. The van der Waals surface area contributed by atoms with Crippen molar-refractivity contribution in [3.63, 3.8) is 0 Å². The highest BCUT2D eigenvalue weighted by atomic mass is 19.4. The Kier molecular flexibility index (Phi) is 4.39.